The van der Waals surface area contributed by atoms with Crippen LogP contribution >= 0.6 is 0 Å². The number of hydrogen-bond acceptors (Lipinski definition) is 18. The molecule has 0 atom stereocenters. The Hall–Kier alpha value is -4.81. The number of nitrogens with two attached hydrogens (primary N) is 2. The number of anilines is 2. The third-order valence-electron chi connectivity index (χ3n) is 9.17. The summed E-state index contributed by atoms with van der Waals surface area (Å²) in [7, 11) is -14.9. The SMILES string of the molecule is Nc1ccc2cc(S(=O)(=O)O)cc(O)c2c1N=Nc1ccc(-c2ccc(N=Nc3c(S(=O)(=O)O)cc4cc(S(=O)(=O)O)c(N=Nc5ccc([N+](=O)[O-])cc5)c(N)c4c3O)cc2)cc1.[Na].[Na].[Na]. The summed E-state index contributed by atoms with van der Waals surface area (Å²) >= 11 is 0. The van der Waals surface area contributed by atoms with Crippen LogP contribution in [0.3, 0.4) is 0 Å². The standard InChI is InChI=1S/C38H27N9O13S3.3Na/c39-28-14-5-21-15-27(61(52,53)54)18-29(48)32(21)35(28)44-41-23-6-1-19(2-7-23)20-3-8-24(9-4-20)43-46-37-31(63(58,59)60)17-22-16-30(62(55,56)57)36(34(40)33(22)38(37)49)45-42-25-10-12-26(13-11-25)47(50)51;;;/h1-18,48-49H,39-40H2,(H,52,53,54)(H,55,56,57)(H,58,59,60);;;. The van der Waals surface area contributed by atoms with E-state index in [1.807, 2.05) is 0 Å². The summed E-state index contributed by atoms with van der Waals surface area (Å²) in [4.78, 5) is 7.85. The molecular weight excluding hydrogens is 956 g/mol. The summed E-state index contributed by atoms with van der Waals surface area (Å²) in [5.41, 5.74) is 12.0. The van der Waals surface area contributed by atoms with Gasteiger partial charge in [-0.1, -0.05) is 30.3 Å². The van der Waals surface area contributed by atoms with E-state index in [9.17, 15) is 59.2 Å². The number of nitrogen functional groups attached to an aromatic ring is 2. The number of rotatable bonds is 11. The van der Waals surface area contributed by atoms with E-state index >= 15 is 0 Å². The molecule has 0 saturated heterocycles. The molecule has 9 N–H and O–H groups in total. The Morgan fingerprint density at radius 3 is 1.39 bits per heavy atom. The first kappa shape index (κ1) is 53.8. The van der Waals surface area contributed by atoms with Crippen LogP contribution < -0.4 is 11.5 Å². The maximum Gasteiger partial charge on any atom is 0.296 e. The first-order valence-electron chi connectivity index (χ1n) is 17.4. The van der Waals surface area contributed by atoms with Crippen LogP contribution in [0.2, 0.25) is 0 Å². The third-order valence-corrected chi connectivity index (χ3v) is 11.7. The molecule has 0 spiro atoms. The van der Waals surface area contributed by atoms with Crippen molar-refractivity contribution in [2.45, 2.75) is 14.7 Å². The van der Waals surface area contributed by atoms with Gasteiger partial charge in [0.25, 0.3) is 36.0 Å². The molecule has 28 heteroatoms. The van der Waals surface area contributed by atoms with Crippen molar-refractivity contribution < 1.29 is 54.0 Å². The summed E-state index contributed by atoms with van der Waals surface area (Å²) < 4.78 is 102. The van der Waals surface area contributed by atoms with E-state index in [4.69, 9.17) is 11.5 Å². The molecular formula is C38H27N9Na3O13S3. The number of hydrogen-bond donors (Lipinski definition) is 7. The predicted molar refractivity (Wildman–Crippen MR) is 244 cm³/mol. The number of nitro groups is 1. The molecule has 22 nitrogen and oxygen atoms in total. The molecule has 323 valence electrons. The van der Waals surface area contributed by atoms with E-state index < -0.39 is 83.9 Å². The molecule has 0 saturated carbocycles. The molecule has 0 fully saturated rings. The summed E-state index contributed by atoms with van der Waals surface area (Å²) in [6, 6.07) is 23.8. The fourth-order valence-corrected chi connectivity index (χ4v) is 8.05. The van der Waals surface area contributed by atoms with E-state index in [0.717, 1.165) is 36.4 Å². The summed E-state index contributed by atoms with van der Waals surface area (Å²) in [5, 5.41) is 56.3. The van der Waals surface area contributed by atoms with Crippen LogP contribution in [0, 0.1) is 10.1 Å². The molecule has 66 heavy (non-hydrogen) atoms. The molecule has 3 radical (unpaired) electrons. The van der Waals surface area contributed by atoms with Crippen molar-refractivity contribution in [3.63, 3.8) is 0 Å². The first-order valence-corrected chi connectivity index (χ1v) is 21.7. The minimum atomic E-state index is -5.18. The van der Waals surface area contributed by atoms with Gasteiger partial charge in [0.05, 0.1) is 49.0 Å². The first-order chi connectivity index (χ1) is 29.6. The number of non-ortho nitro benzene ring substituents is 1. The molecule has 0 aliphatic heterocycles. The van der Waals surface area contributed by atoms with Crippen molar-refractivity contribution in [2.24, 2.45) is 30.7 Å². The van der Waals surface area contributed by atoms with Crippen LogP contribution in [-0.2, 0) is 30.4 Å². The smallest absolute Gasteiger partial charge is 0.296 e. The Morgan fingerprint density at radius 1 is 0.500 bits per heavy atom. The van der Waals surface area contributed by atoms with Gasteiger partial charge in [0.2, 0.25) is 0 Å². The van der Waals surface area contributed by atoms with Crippen LogP contribution in [0.15, 0.2) is 155 Å². The topological polar surface area (TPSA) is 373 Å². The quantitative estimate of drug-likeness (QED) is 0.0161. The zero-order valence-electron chi connectivity index (χ0n) is 34.4. The summed E-state index contributed by atoms with van der Waals surface area (Å²) in [6.07, 6.45) is 0. The molecule has 7 aromatic carbocycles. The summed E-state index contributed by atoms with van der Waals surface area (Å²) in [5.74, 6) is -1.47. The third kappa shape index (κ3) is 11.6. The van der Waals surface area contributed by atoms with Crippen molar-refractivity contribution in [2.75, 3.05) is 11.5 Å². The number of aromatic hydroxyl groups is 2. The van der Waals surface area contributed by atoms with Gasteiger partial charge in [-0.3, -0.25) is 23.8 Å². The molecule has 0 aromatic heterocycles. The average Bonchev–Trinajstić information content (AvgIpc) is 3.22. The maximum atomic E-state index is 12.5. The number of fused-ring (bicyclic) bond motifs is 2. The predicted octanol–water partition coefficient (Wildman–Crippen LogP) is 7.99. The minimum Gasteiger partial charge on any atom is -0.507 e. The molecule has 7 rings (SSSR count). The van der Waals surface area contributed by atoms with E-state index in [1.54, 1.807) is 36.4 Å². The Labute approximate surface area is 439 Å². The Morgan fingerprint density at radius 2 is 0.939 bits per heavy atom. The van der Waals surface area contributed by atoms with Crippen LogP contribution in [0.25, 0.3) is 32.7 Å². The van der Waals surface area contributed by atoms with Crippen LogP contribution in [0.1, 0.15) is 0 Å². The number of nitro benzene ring substituents is 1. The van der Waals surface area contributed by atoms with Crippen molar-refractivity contribution >= 4 is 192 Å². The molecule has 0 unspecified atom stereocenters. The molecule has 0 amide bonds. The molecule has 0 aliphatic rings. The Balaban J connectivity index is 0.00000317. The van der Waals surface area contributed by atoms with E-state index in [-0.39, 0.29) is 133 Å². The molecule has 7 aromatic rings. The summed E-state index contributed by atoms with van der Waals surface area (Å²) in [6.45, 7) is 0. The molecule has 0 bridgehead atoms. The van der Waals surface area contributed by atoms with Gasteiger partial charge in [0.1, 0.15) is 32.6 Å². The normalized spacial score (nSPS) is 12.0. The van der Waals surface area contributed by atoms with Gasteiger partial charge in [0.15, 0.2) is 5.75 Å². The van der Waals surface area contributed by atoms with E-state index in [1.165, 1.54) is 36.4 Å². The number of azo groups is 3. The second kappa shape index (κ2) is 21.0. The number of benzene rings is 7. The van der Waals surface area contributed by atoms with Crippen molar-refractivity contribution in [1.82, 2.24) is 0 Å². The van der Waals surface area contributed by atoms with Crippen molar-refractivity contribution in [3.8, 4) is 22.6 Å². The van der Waals surface area contributed by atoms with Crippen molar-refractivity contribution in [3.05, 3.63) is 119 Å². The fourth-order valence-electron chi connectivity index (χ4n) is 6.18. The second-order valence-corrected chi connectivity index (χ2v) is 17.4. The number of phenols is 2. The minimum absolute atomic E-state index is 0. The Kier molecular flexibility index (Phi) is 17.1. The van der Waals surface area contributed by atoms with Gasteiger partial charge in [0, 0.05) is 107 Å². The monoisotopic (exact) mass is 982 g/mol. The van der Waals surface area contributed by atoms with E-state index in [0.29, 0.717) is 16.8 Å². The van der Waals surface area contributed by atoms with Crippen molar-refractivity contribution in [1.29, 1.82) is 0 Å². The van der Waals surface area contributed by atoms with Gasteiger partial charge in [-0.15, -0.1) is 15.3 Å². The molecule has 0 aliphatic carbocycles. The Bertz CT molecular complexity index is 3500. The van der Waals surface area contributed by atoms with Gasteiger partial charge < -0.3 is 21.7 Å². The van der Waals surface area contributed by atoms with Gasteiger partial charge in [-0.05, 0) is 82.6 Å². The zero-order chi connectivity index (χ0) is 45.6. The van der Waals surface area contributed by atoms with E-state index in [2.05, 4.69) is 30.7 Å². The largest absolute Gasteiger partial charge is 0.507 e. The van der Waals surface area contributed by atoms with Gasteiger partial charge >= 0.3 is 0 Å². The number of nitrogens with zero attached hydrogens (tertiary/aromatic N) is 7. The van der Waals surface area contributed by atoms with Gasteiger partial charge in [-0.25, -0.2) is 0 Å². The maximum absolute atomic E-state index is 12.5. The molecule has 0 heterocycles. The number of phenolic OH excluding ortho intramolecular Hbond substituents is 2. The fraction of sp³-hybridized carbons (Fsp3) is 0. The average molecular weight is 983 g/mol. The zero-order valence-corrected chi connectivity index (χ0v) is 42.9. The second-order valence-electron chi connectivity index (χ2n) is 13.2. The van der Waals surface area contributed by atoms with Gasteiger partial charge in [-0.2, -0.15) is 40.6 Å². The van der Waals surface area contributed by atoms with Crippen LogP contribution in [0.5, 0.6) is 11.5 Å². The van der Waals surface area contributed by atoms with Crippen LogP contribution in [0.4, 0.5) is 51.2 Å². The van der Waals surface area contributed by atoms with Crippen LogP contribution in [-0.4, -0.2) is 143 Å².